The molecule has 1 aromatic rings. The normalized spacial score (nSPS) is 11.5. The van der Waals surface area contributed by atoms with E-state index in [1.807, 2.05) is 0 Å². The Hall–Kier alpha value is -3.83. The molecule has 4 N–H and O–H groups in total. The summed E-state index contributed by atoms with van der Waals surface area (Å²) in [5.41, 5.74) is 0. The van der Waals surface area contributed by atoms with Crippen LogP contribution in [0, 0.1) is 0 Å². The van der Waals surface area contributed by atoms with Crippen LogP contribution in [0.3, 0.4) is 0 Å². The van der Waals surface area contributed by atoms with Crippen molar-refractivity contribution in [2.24, 2.45) is 0 Å². The maximum atomic E-state index is 13.1. The summed E-state index contributed by atoms with van der Waals surface area (Å²) in [6.45, 7) is 15.6. The predicted octanol–water partition coefficient (Wildman–Crippen LogP) is 23.5. The highest BCUT2D eigenvalue weighted by atomic mass is 16.5. The van der Waals surface area contributed by atoms with E-state index in [2.05, 4.69) is 63.4 Å². The van der Waals surface area contributed by atoms with Crippen molar-refractivity contribution in [2.75, 3.05) is 108 Å². The van der Waals surface area contributed by atoms with Gasteiger partial charge in [0.1, 0.15) is 0 Å². The number of carbonyl (C=O) groups excluding carboxylic acids is 4. The molecule has 0 spiro atoms. The van der Waals surface area contributed by atoms with Crippen molar-refractivity contribution >= 4 is 41.7 Å². The second kappa shape index (κ2) is 81.2. The maximum absolute atomic E-state index is 13.1. The van der Waals surface area contributed by atoms with Crippen molar-refractivity contribution in [2.45, 2.75) is 432 Å². The largest absolute Gasteiger partial charge is 0.466 e. The van der Waals surface area contributed by atoms with Gasteiger partial charge >= 0.3 is 23.9 Å². The van der Waals surface area contributed by atoms with Crippen molar-refractivity contribution < 1.29 is 43.2 Å². The van der Waals surface area contributed by atoms with Crippen molar-refractivity contribution in [3.63, 3.8) is 0 Å². The third kappa shape index (κ3) is 72.8. The van der Waals surface area contributed by atoms with Gasteiger partial charge in [-0.05, 0) is 58.0 Å². The number of carbonyl (C=O) groups is 4. The van der Waals surface area contributed by atoms with E-state index >= 15 is 0 Å². The van der Waals surface area contributed by atoms with Crippen LogP contribution in [0.1, 0.15) is 432 Å². The maximum Gasteiger partial charge on any atom is 0.307 e. The fraction of sp³-hybridized carbons (Fsp3) is 0.920. The fourth-order valence-corrected chi connectivity index (χ4v) is 13.8. The topological polar surface area (TPSA) is 207 Å². The van der Waals surface area contributed by atoms with E-state index < -0.39 is 0 Å². The summed E-state index contributed by atoms with van der Waals surface area (Å²) in [7, 11) is 0. The summed E-state index contributed by atoms with van der Waals surface area (Å²) in [6.07, 6.45) is 74.5. The molecule has 0 fully saturated rings. The molecule has 0 bridgehead atoms. The third-order valence-corrected chi connectivity index (χ3v) is 20.7. The summed E-state index contributed by atoms with van der Waals surface area (Å²) >= 11 is 0. The lowest BCUT2D eigenvalue weighted by Gasteiger charge is -2.22. The highest BCUT2D eigenvalue weighted by Gasteiger charge is 2.16. The van der Waals surface area contributed by atoms with Crippen LogP contribution in [0.2, 0.25) is 0 Å². The lowest BCUT2D eigenvalue weighted by atomic mass is 10.0. The lowest BCUT2D eigenvalue weighted by molar-refractivity contribution is -0.146. The van der Waals surface area contributed by atoms with Crippen LogP contribution in [0.4, 0.5) is 17.8 Å². The van der Waals surface area contributed by atoms with Gasteiger partial charge in [-0.15, -0.1) is 0 Å². The summed E-state index contributed by atoms with van der Waals surface area (Å²) in [4.78, 5) is 70.7. The molecule has 0 aliphatic heterocycles. The molecule has 17 nitrogen and oxygen atoms in total. The molecule has 105 heavy (non-hydrogen) atoms. The van der Waals surface area contributed by atoms with Gasteiger partial charge in [-0.1, -0.05) is 362 Å². The fourth-order valence-electron chi connectivity index (χ4n) is 13.8. The first kappa shape index (κ1) is 99.2. The number of aromatic nitrogens is 3. The number of esters is 4. The highest BCUT2D eigenvalue weighted by Crippen LogP contribution is 2.19. The molecule has 0 saturated carbocycles. The lowest BCUT2D eigenvalue weighted by Crippen LogP contribution is -2.32. The minimum atomic E-state index is -0.205. The Kier molecular flexibility index (Phi) is 76.7. The molecule has 1 heterocycles. The average Bonchev–Trinajstić information content (AvgIpc) is 0.875. The van der Waals surface area contributed by atoms with E-state index in [9.17, 15) is 24.3 Å². The van der Waals surface area contributed by atoms with Crippen LogP contribution in [-0.4, -0.2) is 146 Å². The summed E-state index contributed by atoms with van der Waals surface area (Å²) in [5, 5.41) is 19.6. The van der Waals surface area contributed by atoms with Gasteiger partial charge in [-0.3, -0.25) is 19.2 Å². The minimum Gasteiger partial charge on any atom is -0.466 e. The summed E-state index contributed by atoms with van der Waals surface area (Å²) in [6, 6.07) is 0. The van der Waals surface area contributed by atoms with Crippen LogP contribution in [0.5, 0.6) is 0 Å². The van der Waals surface area contributed by atoms with Crippen molar-refractivity contribution in [3.05, 3.63) is 0 Å². The molecule has 0 aliphatic rings. The number of aliphatic hydroxyl groups is 1. The molecular weight excluding hydrogens is 1310 g/mol. The van der Waals surface area contributed by atoms with E-state index in [1.54, 1.807) is 0 Å². The molecule has 616 valence electrons. The molecule has 1 rings (SSSR count). The van der Waals surface area contributed by atoms with E-state index in [-0.39, 0.29) is 56.2 Å². The first-order chi connectivity index (χ1) is 51.7. The molecule has 0 amide bonds. The minimum absolute atomic E-state index is 0.0320. The van der Waals surface area contributed by atoms with Crippen molar-refractivity contribution in [3.8, 4) is 0 Å². The number of hydrogen-bond acceptors (Lipinski definition) is 17. The predicted molar refractivity (Wildman–Crippen MR) is 443 cm³/mol. The second-order valence-electron chi connectivity index (χ2n) is 30.8. The number of anilines is 3. The molecule has 17 heteroatoms. The number of hydrogen-bond donors (Lipinski definition) is 4. The number of unbranched alkanes of at least 4 members (excludes halogenated alkanes) is 52. The zero-order valence-corrected chi connectivity index (χ0v) is 69.4. The summed E-state index contributed by atoms with van der Waals surface area (Å²) in [5.74, 6) is 0.350. The zero-order chi connectivity index (χ0) is 75.7. The molecular formula is C88H170N8O9. The first-order valence-corrected chi connectivity index (χ1v) is 45.4. The quantitative estimate of drug-likeness (QED) is 0.0272. The van der Waals surface area contributed by atoms with Crippen LogP contribution in [0.15, 0.2) is 0 Å². The Bertz CT molecular complexity index is 1790. The Morgan fingerprint density at radius 1 is 0.248 bits per heavy atom. The number of ether oxygens (including phenoxy) is 4. The molecule has 0 unspecified atom stereocenters. The van der Waals surface area contributed by atoms with Gasteiger partial charge in [0.25, 0.3) is 0 Å². The molecule has 0 saturated heterocycles. The standard InChI is InChI=1S/C88H170N8O9/c1-5-9-13-17-21-25-29-33-37-41-45-49-53-57-78-102-82(98)64-73-95(74-65-83(99)103-79-58-54-50-46-42-38-34-30-26-22-18-14-10-6-2)71-61-68-89-86-92-87(94-88(93-86)91-70-63-77-97)90-69-62-72-96(75-66-84(100)104-80-59-55-51-47-43-39-35-31-27-23-19-15-11-7-3)76-67-85(101)105-81-60-56-52-48-44-40-36-32-28-24-20-16-12-8-4/h97H,5-81H2,1-4H3,(H3,89,90,91,92,93,94). The van der Waals surface area contributed by atoms with Crippen molar-refractivity contribution in [1.82, 2.24) is 24.8 Å². The monoisotopic (exact) mass is 1480 g/mol. The van der Waals surface area contributed by atoms with Crippen LogP contribution < -0.4 is 16.0 Å². The molecule has 0 atom stereocenters. The van der Waals surface area contributed by atoms with Gasteiger partial charge in [0, 0.05) is 52.4 Å². The Balaban J connectivity index is 2.84. The van der Waals surface area contributed by atoms with E-state index in [4.69, 9.17) is 23.9 Å². The van der Waals surface area contributed by atoms with Gasteiger partial charge < -0.3 is 49.8 Å². The first-order valence-electron chi connectivity index (χ1n) is 45.4. The van der Waals surface area contributed by atoms with E-state index in [0.717, 1.165) is 51.4 Å². The van der Waals surface area contributed by atoms with Gasteiger partial charge in [0.2, 0.25) is 17.8 Å². The van der Waals surface area contributed by atoms with Gasteiger partial charge in [-0.2, -0.15) is 15.0 Å². The number of aliphatic hydroxyl groups excluding tert-OH is 1. The van der Waals surface area contributed by atoms with Gasteiger partial charge in [0.05, 0.1) is 52.1 Å². The number of rotatable bonds is 86. The third-order valence-electron chi connectivity index (χ3n) is 20.7. The number of nitrogens with zero attached hydrogens (tertiary/aromatic N) is 5. The number of nitrogens with one attached hydrogen (secondary N) is 3. The summed E-state index contributed by atoms with van der Waals surface area (Å²) < 4.78 is 22.9. The van der Waals surface area contributed by atoms with Crippen LogP contribution in [-0.2, 0) is 38.1 Å². The van der Waals surface area contributed by atoms with Crippen LogP contribution >= 0.6 is 0 Å². The molecule has 0 radical (unpaired) electrons. The van der Waals surface area contributed by atoms with E-state index in [1.165, 1.54) is 308 Å². The molecule has 1 aromatic heterocycles. The molecule has 0 aromatic carbocycles. The zero-order valence-electron chi connectivity index (χ0n) is 69.4. The van der Waals surface area contributed by atoms with Gasteiger partial charge in [-0.25, -0.2) is 0 Å². The smallest absolute Gasteiger partial charge is 0.307 e. The SMILES string of the molecule is CCCCCCCCCCCCCCCCOC(=O)CCN(CCCNc1nc(NCCCO)nc(NCCCN(CCC(=O)OCCCCCCCCCCCCCCCC)CCC(=O)OCCCCCCCCCCCCCCCC)n1)CCC(=O)OCCCCCCCCCCCCCCCC. The Morgan fingerprint density at radius 2 is 0.419 bits per heavy atom. The Morgan fingerprint density at radius 3 is 0.600 bits per heavy atom. The molecule has 0 aliphatic carbocycles. The van der Waals surface area contributed by atoms with Crippen LogP contribution in [0.25, 0.3) is 0 Å². The van der Waals surface area contributed by atoms with Gasteiger partial charge in [0.15, 0.2) is 0 Å². The van der Waals surface area contributed by atoms with E-state index in [0.29, 0.717) is 122 Å². The Labute approximate surface area is 646 Å². The second-order valence-corrected chi connectivity index (χ2v) is 30.8. The average molecular weight is 1480 g/mol. The van der Waals surface area contributed by atoms with Crippen molar-refractivity contribution in [1.29, 1.82) is 0 Å². The highest BCUT2D eigenvalue weighted by molar-refractivity contribution is 5.71.